The minimum atomic E-state index is 0.0949. The lowest BCUT2D eigenvalue weighted by molar-refractivity contribution is 0.0639. The van der Waals surface area contributed by atoms with Gasteiger partial charge < -0.3 is 4.90 Å². The summed E-state index contributed by atoms with van der Waals surface area (Å²) in [5, 5.41) is 7.74. The lowest BCUT2D eigenvalue weighted by Gasteiger charge is -2.36. The minimum absolute atomic E-state index is 0.0949. The van der Waals surface area contributed by atoms with Crippen LogP contribution in [0.25, 0.3) is 11.0 Å². The molecule has 3 heterocycles. The van der Waals surface area contributed by atoms with Gasteiger partial charge in [-0.15, -0.1) is 0 Å². The molecular weight excluding hydrogens is 330 g/mol. The topological polar surface area (TPSA) is 75.4 Å². The molecular formula is C19H21N5O2. The number of amides is 1. The van der Waals surface area contributed by atoms with E-state index in [-0.39, 0.29) is 5.91 Å². The van der Waals surface area contributed by atoms with E-state index in [9.17, 15) is 4.79 Å². The van der Waals surface area contributed by atoms with Gasteiger partial charge in [-0.3, -0.25) is 14.7 Å². The first-order chi connectivity index (χ1) is 12.7. The van der Waals surface area contributed by atoms with Crippen molar-refractivity contribution in [3.05, 3.63) is 53.9 Å². The highest BCUT2D eigenvalue weighted by Crippen LogP contribution is 2.20. The molecule has 0 bridgehead atoms. The summed E-state index contributed by atoms with van der Waals surface area (Å²) in [4.78, 5) is 20.8. The van der Waals surface area contributed by atoms with Crippen molar-refractivity contribution in [1.29, 1.82) is 0 Å². The summed E-state index contributed by atoms with van der Waals surface area (Å²) in [5.41, 5.74) is 3.46. The van der Waals surface area contributed by atoms with Gasteiger partial charge in [0.15, 0.2) is 0 Å². The summed E-state index contributed by atoms with van der Waals surface area (Å²) in [6.45, 7) is 2.40. The van der Waals surface area contributed by atoms with Crippen molar-refractivity contribution in [3.8, 4) is 0 Å². The number of rotatable bonds is 4. The van der Waals surface area contributed by atoms with Gasteiger partial charge in [-0.1, -0.05) is 6.07 Å². The van der Waals surface area contributed by atoms with Gasteiger partial charge in [0.25, 0.3) is 5.91 Å². The Morgan fingerprint density at radius 1 is 1.15 bits per heavy atom. The molecule has 0 aliphatic carbocycles. The lowest BCUT2D eigenvalue weighted by atomic mass is 10.0. The third kappa shape index (κ3) is 3.43. The van der Waals surface area contributed by atoms with Crippen molar-refractivity contribution in [2.45, 2.75) is 25.4 Å². The highest BCUT2D eigenvalue weighted by atomic mass is 16.6. The van der Waals surface area contributed by atoms with Crippen molar-refractivity contribution >= 4 is 16.9 Å². The number of likely N-dealkylation sites (tertiary alicyclic amines) is 1. The molecule has 1 aromatic carbocycles. The van der Waals surface area contributed by atoms with Gasteiger partial charge in [0.2, 0.25) is 0 Å². The van der Waals surface area contributed by atoms with Crippen LogP contribution in [-0.4, -0.2) is 57.2 Å². The number of nitrogens with zero attached hydrogens (tertiary/aromatic N) is 5. The molecule has 0 N–H and O–H groups in total. The molecule has 3 aromatic rings. The van der Waals surface area contributed by atoms with Crippen molar-refractivity contribution in [3.63, 3.8) is 0 Å². The smallest absolute Gasteiger partial charge is 0.253 e. The van der Waals surface area contributed by atoms with Crippen LogP contribution in [-0.2, 0) is 6.54 Å². The second kappa shape index (κ2) is 7.21. The van der Waals surface area contributed by atoms with Crippen LogP contribution in [0.5, 0.6) is 0 Å². The van der Waals surface area contributed by atoms with Crippen molar-refractivity contribution in [2.24, 2.45) is 0 Å². The van der Waals surface area contributed by atoms with E-state index in [0.29, 0.717) is 11.6 Å². The molecule has 1 fully saturated rings. The second-order valence-corrected chi connectivity index (χ2v) is 6.76. The van der Waals surface area contributed by atoms with E-state index in [4.69, 9.17) is 4.63 Å². The fourth-order valence-corrected chi connectivity index (χ4v) is 3.53. The monoisotopic (exact) mass is 351 g/mol. The van der Waals surface area contributed by atoms with Crippen LogP contribution in [0.4, 0.5) is 0 Å². The van der Waals surface area contributed by atoms with Crippen molar-refractivity contribution in [1.82, 2.24) is 25.1 Å². The molecule has 0 unspecified atom stereocenters. The molecule has 0 radical (unpaired) electrons. The first-order valence-corrected chi connectivity index (χ1v) is 8.81. The molecule has 2 aromatic heterocycles. The minimum Gasteiger partial charge on any atom is -0.339 e. The predicted molar refractivity (Wildman–Crippen MR) is 96.4 cm³/mol. The van der Waals surface area contributed by atoms with Crippen LogP contribution in [0.3, 0.4) is 0 Å². The molecule has 1 aliphatic heterocycles. The van der Waals surface area contributed by atoms with E-state index in [0.717, 1.165) is 43.5 Å². The van der Waals surface area contributed by atoms with Crippen LogP contribution in [0.2, 0.25) is 0 Å². The van der Waals surface area contributed by atoms with E-state index in [1.807, 2.05) is 17.0 Å². The maximum absolute atomic E-state index is 12.5. The Morgan fingerprint density at radius 2 is 1.88 bits per heavy atom. The fourth-order valence-electron chi connectivity index (χ4n) is 3.53. The summed E-state index contributed by atoms with van der Waals surface area (Å²) < 4.78 is 4.76. The average Bonchev–Trinajstić information content (AvgIpc) is 3.16. The summed E-state index contributed by atoms with van der Waals surface area (Å²) in [6, 6.07) is 10.0. The molecule has 0 atom stereocenters. The molecule has 0 spiro atoms. The Balaban J connectivity index is 1.34. The number of piperidine rings is 1. The van der Waals surface area contributed by atoms with E-state index in [1.54, 1.807) is 24.5 Å². The van der Waals surface area contributed by atoms with Gasteiger partial charge in [-0.2, -0.15) is 0 Å². The molecule has 1 amide bonds. The third-order valence-electron chi connectivity index (χ3n) is 5.05. The molecule has 0 saturated carbocycles. The summed E-state index contributed by atoms with van der Waals surface area (Å²) in [7, 11) is 2.14. The molecule has 1 saturated heterocycles. The zero-order chi connectivity index (χ0) is 17.9. The number of hydrogen-bond donors (Lipinski definition) is 0. The van der Waals surface area contributed by atoms with E-state index in [2.05, 4.69) is 33.3 Å². The Bertz CT molecular complexity index is 887. The van der Waals surface area contributed by atoms with Gasteiger partial charge in [0.05, 0.1) is 0 Å². The molecule has 1 aliphatic rings. The van der Waals surface area contributed by atoms with Gasteiger partial charge in [-0.05, 0) is 60.0 Å². The number of carbonyl (C=O) groups is 1. The first kappa shape index (κ1) is 16.7. The SMILES string of the molecule is CN(Cc1ccc2nonc2c1)C1CCN(C(=O)c2ccncc2)CC1. The standard InChI is InChI=1S/C19H21N5O2/c1-23(13-14-2-3-17-18(12-14)22-26-21-17)16-6-10-24(11-7-16)19(25)15-4-8-20-9-5-15/h2-5,8-9,12,16H,6-7,10-11,13H2,1H3. The lowest BCUT2D eigenvalue weighted by Crippen LogP contribution is -2.45. The first-order valence-electron chi connectivity index (χ1n) is 8.81. The molecule has 4 rings (SSSR count). The average molecular weight is 351 g/mol. The van der Waals surface area contributed by atoms with Gasteiger partial charge in [-0.25, -0.2) is 4.63 Å². The maximum atomic E-state index is 12.5. The molecule has 7 heteroatoms. The molecule has 7 nitrogen and oxygen atoms in total. The zero-order valence-electron chi connectivity index (χ0n) is 14.7. The number of benzene rings is 1. The fraction of sp³-hybridized carbons (Fsp3) is 0.368. The number of pyridine rings is 1. The van der Waals surface area contributed by atoms with E-state index >= 15 is 0 Å². The highest BCUT2D eigenvalue weighted by molar-refractivity contribution is 5.94. The van der Waals surface area contributed by atoms with E-state index < -0.39 is 0 Å². The Labute approximate surface area is 151 Å². The van der Waals surface area contributed by atoms with E-state index in [1.165, 1.54) is 5.56 Å². The second-order valence-electron chi connectivity index (χ2n) is 6.76. The molecule has 26 heavy (non-hydrogen) atoms. The van der Waals surface area contributed by atoms with Gasteiger partial charge >= 0.3 is 0 Å². The number of fused-ring (bicyclic) bond motifs is 1. The van der Waals surface area contributed by atoms with Gasteiger partial charge in [0, 0.05) is 43.6 Å². The number of carbonyl (C=O) groups excluding carboxylic acids is 1. The van der Waals surface area contributed by atoms with Gasteiger partial charge in [0.1, 0.15) is 11.0 Å². The third-order valence-corrected chi connectivity index (χ3v) is 5.05. The number of hydrogen-bond acceptors (Lipinski definition) is 6. The summed E-state index contributed by atoms with van der Waals surface area (Å²) >= 11 is 0. The zero-order valence-corrected chi connectivity index (χ0v) is 14.7. The maximum Gasteiger partial charge on any atom is 0.253 e. The van der Waals surface area contributed by atoms with Crippen molar-refractivity contribution < 1.29 is 9.42 Å². The normalized spacial score (nSPS) is 15.7. The largest absolute Gasteiger partial charge is 0.339 e. The van der Waals surface area contributed by atoms with Crippen molar-refractivity contribution in [2.75, 3.05) is 20.1 Å². The van der Waals surface area contributed by atoms with Crippen LogP contribution >= 0.6 is 0 Å². The van der Waals surface area contributed by atoms with Crippen LogP contribution < -0.4 is 0 Å². The molecule has 134 valence electrons. The predicted octanol–water partition coefficient (Wildman–Crippen LogP) is 2.35. The van der Waals surface area contributed by atoms with Crippen LogP contribution in [0.15, 0.2) is 47.4 Å². The quantitative estimate of drug-likeness (QED) is 0.718. The highest BCUT2D eigenvalue weighted by Gasteiger charge is 2.26. The van der Waals surface area contributed by atoms with Crippen LogP contribution in [0, 0.1) is 0 Å². The van der Waals surface area contributed by atoms with Crippen LogP contribution in [0.1, 0.15) is 28.8 Å². The Kier molecular flexibility index (Phi) is 4.62. The number of aromatic nitrogens is 3. The Morgan fingerprint density at radius 3 is 2.65 bits per heavy atom. The Hall–Kier alpha value is -2.80. The summed E-state index contributed by atoms with van der Waals surface area (Å²) in [5.74, 6) is 0.0949. The summed E-state index contributed by atoms with van der Waals surface area (Å²) in [6.07, 6.45) is 5.27.